The molecule has 0 radical (unpaired) electrons. The molecule has 0 spiro atoms. The summed E-state index contributed by atoms with van der Waals surface area (Å²) in [7, 11) is 2.20. The van der Waals surface area contributed by atoms with Gasteiger partial charge in [-0.2, -0.15) is 0 Å². The number of hydrogen-bond donors (Lipinski definition) is 1. The van der Waals surface area contributed by atoms with Gasteiger partial charge in [0.1, 0.15) is 17.0 Å². The molecule has 1 aliphatic heterocycles. The Labute approximate surface area is 162 Å². The van der Waals surface area contributed by atoms with Crippen molar-refractivity contribution in [3.8, 4) is 0 Å². The lowest BCUT2D eigenvalue weighted by atomic mass is 10.1. The number of nitrogens with one attached hydrogen (secondary N) is 1. The van der Waals surface area contributed by atoms with Gasteiger partial charge in [-0.25, -0.2) is 9.97 Å². The second-order valence-corrected chi connectivity index (χ2v) is 9.12. The molecule has 0 saturated carbocycles. The average molecular weight is 388 g/mol. The van der Waals surface area contributed by atoms with E-state index in [1.807, 2.05) is 11.3 Å². The van der Waals surface area contributed by atoms with Crippen LogP contribution >= 0.6 is 22.7 Å². The third kappa shape index (κ3) is 3.49. The zero-order chi connectivity index (χ0) is 18.1. The molecule has 5 nitrogen and oxygen atoms in total. The molecule has 0 unspecified atom stereocenters. The van der Waals surface area contributed by atoms with Crippen LogP contribution in [0.2, 0.25) is 0 Å². The molecule has 138 valence electrons. The minimum atomic E-state index is 0.383. The first-order chi connectivity index (χ1) is 12.6. The number of thiophene rings is 2. The first-order valence-corrected chi connectivity index (χ1v) is 10.7. The maximum Gasteiger partial charge on any atom is 0.138 e. The zero-order valence-corrected chi connectivity index (χ0v) is 17.2. The van der Waals surface area contributed by atoms with Crippen LogP contribution in [0.5, 0.6) is 0 Å². The number of anilines is 1. The Morgan fingerprint density at radius 3 is 2.73 bits per heavy atom. The molecule has 0 amide bonds. The van der Waals surface area contributed by atoms with Crippen LogP contribution in [0, 0.1) is 13.8 Å². The summed E-state index contributed by atoms with van der Waals surface area (Å²) in [5.41, 5.74) is 1.29. The van der Waals surface area contributed by atoms with Crippen LogP contribution in [0.4, 0.5) is 5.82 Å². The van der Waals surface area contributed by atoms with E-state index in [2.05, 4.69) is 63.5 Å². The van der Waals surface area contributed by atoms with E-state index in [1.165, 1.54) is 20.7 Å². The SMILES string of the molecule is Cc1sc2ncnc(NC[C@H](c3cccs3)N3CCN(C)CC3)c2c1C. The van der Waals surface area contributed by atoms with Gasteiger partial charge in [0.15, 0.2) is 0 Å². The van der Waals surface area contributed by atoms with Crippen molar-refractivity contribution in [2.45, 2.75) is 19.9 Å². The average Bonchev–Trinajstić information content (AvgIpc) is 3.26. The summed E-state index contributed by atoms with van der Waals surface area (Å²) in [4.78, 5) is 17.8. The number of rotatable bonds is 5. The lowest BCUT2D eigenvalue weighted by Gasteiger charge is -2.37. The van der Waals surface area contributed by atoms with Gasteiger partial charge < -0.3 is 10.2 Å². The predicted octanol–water partition coefficient (Wildman–Crippen LogP) is 3.77. The lowest BCUT2D eigenvalue weighted by Crippen LogP contribution is -2.47. The van der Waals surface area contributed by atoms with E-state index in [1.54, 1.807) is 17.7 Å². The maximum absolute atomic E-state index is 4.55. The van der Waals surface area contributed by atoms with Gasteiger partial charge in [-0.15, -0.1) is 22.7 Å². The number of aryl methyl sites for hydroxylation is 2. The summed E-state index contributed by atoms with van der Waals surface area (Å²) >= 11 is 3.59. The first-order valence-electron chi connectivity index (χ1n) is 9.04. The molecule has 0 aromatic carbocycles. The summed E-state index contributed by atoms with van der Waals surface area (Å²) in [5.74, 6) is 0.965. The Balaban J connectivity index is 1.57. The fourth-order valence-electron chi connectivity index (χ4n) is 3.53. The van der Waals surface area contributed by atoms with E-state index >= 15 is 0 Å². The number of piperazine rings is 1. The van der Waals surface area contributed by atoms with Gasteiger partial charge in [0.25, 0.3) is 0 Å². The maximum atomic E-state index is 4.55. The van der Waals surface area contributed by atoms with Gasteiger partial charge >= 0.3 is 0 Å². The lowest BCUT2D eigenvalue weighted by molar-refractivity contribution is 0.118. The molecule has 26 heavy (non-hydrogen) atoms. The molecule has 3 aromatic rings. The van der Waals surface area contributed by atoms with E-state index in [-0.39, 0.29) is 0 Å². The van der Waals surface area contributed by atoms with Gasteiger partial charge in [0, 0.05) is 42.5 Å². The fourth-order valence-corrected chi connectivity index (χ4v) is 5.39. The second kappa shape index (κ2) is 7.60. The Kier molecular flexibility index (Phi) is 5.22. The third-order valence-corrected chi connectivity index (χ3v) is 7.37. The largest absolute Gasteiger partial charge is 0.367 e. The molecular weight excluding hydrogens is 362 g/mol. The van der Waals surface area contributed by atoms with Crippen LogP contribution in [0.3, 0.4) is 0 Å². The number of aromatic nitrogens is 2. The van der Waals surface area contributed by atoms with Crippen molar-refractivity contribution in [1.29, 1.82) is 0 Å². The van der Waals surface area contributed by atoms with Crippen molar-refractivity contribution in [3.63, 3.8) is 0 Å². The van der Waals surface area contributed by atoms with Crippen LogP contribution in [0.25, 0.3) is 10.2 Å². The third-order valence-electron chi connectivity index (χ3n) is 5.28. The molecule has 4 heterocycles. The highest BCUT2D eigenvalue weighted by Crippen LogP contribution is 2.33. The quantitative estimate of drug-likeness (QED) is 0.722. The molecular formula is C19H25N5S2. The van der Waals surface area contributed by atoms with Crippen molar-refractivity contribution < 1.29 is 0 Å². The van der Waals surface area contributed by atoms with Gasteiger partial charge in [-0.3, -0.25) is 4.90 Å². The molecule has 1 fully saturated rings. The van der Waals surface area contributed by atoms with Gasteiger partial charge in [0.05, 0.1) is 11.4 Å². The molecule has 1 N–H and O–H groups in total. The Hall–Kier alpha value is -1.54. The highest BCUT2D eigenvalue weighted by molar-refractivity contribution is 7.18. The fraction of sp³-hybridized carbons (Fsp3) is 0.474. The Bertz CT molecular complexity index is 866. The molecule has 1 atom stereocenters. The normalized spacial score (nSPS) is 17.7. The number of likely N-dealkylation sites (N-methyl/N-ethyl adjacent to an activating group) is 1. The van der Waals surface area contributed by atoms with Crippen LogP contribution in [-0.2, 0) is 0 Å². The minimum Gasteiger partial charge on any atom is -0.367 e. The van der Waals surface area contributed by atoms with Crippen molar-refractivity contribution in [3.05, 3.63) is 39.2 Å². The summed E-state index contributed by atoms with van der Waals surface area (Å²) in [5, 5.41) is 7.00. The smallest absolute Gasteiger partial charge is 0.138 e. The zero-order valence-electron chi connectivity index (χ0n) is 15.5. The van der Waals surface area contributed by atoms with Gasteiger partial charge in [-0.1, -0.05) is 6.07 Å². The standard InChI is InChI=1S/C19H25N5S2/c1-13-14(2)26-19-17(13)18(21-12-22-19)20-11-15(16-5-4-10-25-16)24-8-6-23(3)7-9-24/h4-5,10,12,15H,6-9,11H2,1-3H3,(H,20,21,22)/t15-/m1/s1. The summed E-state index contributed by atoms with van der Waals surface area (Å²) in [6, 6.07) is 4.79. The van der Waals surface area contributed by atoms with E-state index in [4.69, 9.17) is 0 Å². The van der Waals surface area contributed by atoms with E-state index in [0.717, 1.165) is 43.4 Å². The summed E-state index contributed by atoms with van der Waals surface area (Å²) in [6.07, 6.45) is 1.68. The molecule has 1 saturated heterocycles. The highest BCUT2D eigenvalue weighted by Gasteiger charge is 2.25. The Morgan fingerprint density at radius 2 is 2.00 bits per heavy atom. The van der Waals surface area contributed by atoms with Gasteiger partial charge in [0.2, 0.25) is 0 Å². The Morgan fingerprint density at radius 1 is 1.19 bits per heavy atom. The van der Waals surface area contributed by atoms with Crippen LogP contribution in [0.1, 0.15) is 21.4 Å². The monoisotopic (exact) mass is 387 g/mol. The molecule has 1 aliphatic rings. The van der Waals surface area contributed by atoms with E-state index < -0.39 is 0 Å². The second-order valence-electron chi connectivity index (χ2n) is 6.94. The predicted molar refractivity (Wildman–Crippen MR) is 112 cm³/mol. The number of nitrogens with zero attached hydrogens (tertiary/aromatic N) is 4. The molecule has 3 aromatic heterocycles. The molecule has 0 aliphatic carbocycles. The molecule has 4 rings (SSSR count). The number of hydrogen-bond acceptors (Lipinski definition) is 7. The topological polar surface area (TPSA) is 44.3 Å². The molecule has 0 bridgehead atoms. The van der Waals surface area contributed by atoms with Crippen molar-refractivity contribution in [2.24, 2.45) is 0 Å². The molecule has 7 heteroatoms. The summed E-state index contributed by atoms with van der Waals surface area (Å²) in [6.45, 7) is 9.66. The van der Waals surface area contributed by atoms with E-state index in [9.17, 15) is 0 Å². The number of fused-ring (bicyclic) bond motifs is 1. The van der Waals surface area contributed by atoms with Crippen molar-refractivity contribution >= 4 is 38.7 Å². The highest BCUT2D eigenvalue weighted by atomic mass is 32.1. The van der Waals surface area contributed by atoms with Crippen molar-refractivity contribution in [1.82, 2.24) is 19.8 Å². The van der Waals surface area contributed by atoms with E-state index in [0.29, 0.717) is 6.04 Å². The first kappa shape index (κ1) is 17.9. The van der Waals surface area contributed by atoms with Crippen LogP contribution < -0.4 is 5.32 Å². The van der Waals surface area contributed by atoms with Crippen LogP contribution in [-0.4, -0.2) is 59.5 Å². The van der Waals surface area contributed by atoms with Crippen LogP contribution in [0.15, 0.2) is 23.8 Å². The minimum absolute atomic E-state index is 0.383. The van der Waals surface area contributed by atoms with Crippen molar-refractivity contribution in [2.75, 3.05) is 45.1 Å². The van der Waals surface area contributed by atoms with Gasteiger partial charge in [-0.05, 0) is 37.9 Å². The summed E-state index contributed by atoms with van der Waals surface area (Å²) < 4.78 is 0.